The average molecular weight is 306 g/mol. The number of rotatable bonds is 6. The van der Waals surface area contributed by atoms with Crippen molar-refractivity contribution in [1.82, 2.24) is 4.98 Å². The molecule has 0 bridgehead atoms. The third-order valence-corrected chi connectivity index (χ3v) is 2.66. The summed E-state index contributed by atoms with van der Waals surface area (Å²) in [6, 6.07) is 10.9. The zero-order chi connectivity index (χ0) is 16.2. The van der Waals surface area contributed by atoms with Crippen molar-refractivity contribution < 1.29 is 18.7 Å². The highest BCUT2D eigenvalue weighted by molar-refractivity contribution is 5.70. The van der Waals surface area contributed by atoms with E-state index in [1.54, 1.807) is 14.2 Å². The topological polar surface area (TPSA) is 60.5 Å². The number of methoxy groups -OCH3 is 2. The number of carbonyl (C=O) groups is 1. The van der Waals surface area contributed by atoms with Gasteiger partial charge < -0.3 is 14.8 Å². The number of halogens is 1. The van der Waals surface area contributed by atoms with E-state index in [0.29, 0.717) is 30.8 Å². The Morgan fingerprint density at radius 1 is 1.27 bits per heavy atom. The predicted octanol–water partition coefficient (Wildman–Crippen LogP) is 2.67. The number of para-hydroxylation sites is 1. The van der Waals surface area contributed by atoms with Crippen molar-refractivity contribution in [3.8, 4) is 5.75 Å². The van der Waals surface area contributed by atoms with Crippen LogP contribution in [0.2, 0.25) is 0 Å². The Hall–Kier alpha value is -2.47. The van der Waals surface area contributed by atoms with Gasteiger partial charge in [0.05, 0.1) is 31.3 Å². The number of carbonyl (C=O) groups excluding carboxylic acids is 1. The second kappa shape index (κ2) is 10.3. The lowest BCUT2D eigenvalue weighted by Crippen LogP contribution is -2.03. The molecule has 0 unspecified atom stereocenters. The molecule has 1 amide bonds. The van der Waals surface area contributed by atoms with Gasteiger partial charge in [0.25, 0.3) is 0 Å². The Morgan fingerprint density at radius 3 is 2.50 bits per heavy atom. The third-order valence-electron chi connectivity index (χ3n) is 2.66. The van der Waals surface area contributed by atoms with Crippen LogP contribution in [0.3, 0.4) is 0 Å². The number of aromatic nitrogens is 1. The fourth-order valence-corrected chi connectivity index (χ4v) is 1.55. The van der Waals surface area contributed by atoms with Gasteiger partial charge in [0.15, 0.2) is 0 Å². The number of ether oxygens (including phenoxy) is 2. The van der Waals surface area contributed by atoms with Crippen LogP contribution >= 0.6 is 0 Å². The van der Waals surface area contributed by atoms with Crippen LogP contribution in [0.15, 0.2) is 42.6 Å². The molecule has 0 spiro atoms. The van der Waals surface area contributed by atoms with Gasteiger partial charge in [0.1, 0.15) is 11.6 Å². The van der Waals surface area contributed by atoms with Gasteiger partial charge in [-0.05, 0) is 12.1 Å². The molecule has 22 heavy (non-hydrogen) atoms. The SMILES string of the molecule is COCCc1ncc(NC=O)cc1F.COc1ccccc1. The van der Waals surface area contributed by atoms with Gasteiger partial charge in [-0.25, -0.2) is 4.39 Å². The standard InChI is InChI=1S/C9H11FN2O2.C7H8O/c1-14-3-2-9-8(10)4-7(5-11-9)12-6-13;1-8-7-5-3-2-4-6-7/h4-6H,2-3H2,1H3,(H,12,13);2-6H,1H3. The van der Waals surface area contributed by atoms with E-state index in [-0.39, 0.29) is 0 Å². The largest absolute Gasteiger partial charge is 0.497 e. The minimum Gasteiger partial charge on any atom is -0.497 e. The lowest BCUT2D eigenvalue weighted by atomic mass is 10.2. The molecule has 0 saturated carbocycles. The lowest BCUT2D eigenvalue weighted by Gasteiger charge is -2.03. The molecule has 0 atom stereocenters. The van der Waals surface area contributed by atoms with Crippen LogP contribution < -0.4 is 10.1 Å². The second-order valence-corrected chi connectivity index (χ2v) is 4.17. The predicted molar refractivity (Wildman–Crippen MR) is 82.5 cm³/mol. The quantitative estimate of drug-likeness (QED) is 0.834. The van der Waals surface area contributed by atoms with E-state index in [4.69, 9.17) is 9.47 Å². The van der Waals surface area contributed by atoms with E-state index >= 15 is 0 Å². The van der Waals surface area contributed by atoms with Crippen molar-refractivity contribution in [2.75, 3.05) is 26.1 Å². The van der Waals surface area contributed by atoms with Gasteiger partial charge in [-0.1, -0.05) is 18.2 Å². The number of anilines is 1. The molecule has 0 aliphatic rings. The van der Waals surface area contributed by atoms with Gasteiger partial charge in [-0.2, -0.15) is 0 Å². The molecule has 1 aromatic carbocycles. The van der Waals surface area contributed by atoms with Crippen molar-refractivity contribution in [2.24, 2.45) is 0 Å². The first-order chi connectivity index (χ1) is 10.7. The highest BCUT2D eigenvalue weighted by Gasteiger charge is 2.04. The molecule has 2 aromatic rings. The molecule has 0 radical (unpaired) electrons. The van der Waals surface area contributed by atoms with Crippen molar-refractivity contribution in [3.05, 3.63) is 54.1 Å². The van der Waals surface area contributed by atoms with Crippen LogP contribution in [0.4, 0.5) is 10.1 Å². The van der Waals surface area contributed by atoms with E-state index in [2.05, 4.69) is 10.3 Å². The number of pyridine rings is 1. The van der Waals surface area contributed by atoms with Gasteiger partial charge in [0.2, 0.25) is 6.41 Å². The first-order valence-electron chi connectivity index (χ1n) is 6.63. The normalized spacial score (nSPS) is 9.41. The maximum atomic E-state index is 13.2. The maximum Gasteiger partial charge on any atom is 0.211 e. The summed E-state index contributed by atoms with van der Waals surface area (Å²) in [5.74, 6) is 0.474. The van der Waals surface area contributed by atoms with E-state index in [0.717, 1.165) is 5.75 Å². The van der Waals surface area contributed by atoms with Gasteiger partial charge in [-0.3, -0.25) is 9.78 Å². The molecule has 118 valence electrons. The van der Waals surface area contributed by atoms with Crippen molar-refractivity contribution >= 4 is 12.1 Å². The Labute approximate surface area is 129 Å². The fraction of sp³-hybridized carbons (Fsp3) is 0.250. The molecule has 0 saturated heterocycles. The van der Waals surface area contributed by atoms with Crippen LogP contribution in [-0.4, -0.2) is 32.2 Å². The Morgan fingerprint density at radius 2 is 2.00 bits per heavy atom. The minimum absolute atomic E-state index is 0.336. The summed E-state index contributed by atoms with van der Waals surface area (Å²) in [4.78, 5) is 13.9. The van der Waals surface area contributed by atoms with Crippen molar-refractivity contribution in [3.63, 3.8) is 0 Å². The number of nitrogens with one attached hydrogen (secondary N) is 1. The van der Waals surface area contributed by atoms with Crippen molar-refractivity contribution in [2.45, 2.75) is 6.42 Å². The monoisotopic (exact) mass is 306 g/mol. The number of hydrogen-bond donors (Lipinski definition) is 1. The summed E-state index contributed by atoms with van der Waals surface area (Å²) >= 11 is 0. The molecule has 1 aromatic heterocycles. The molecular weight excluding hydrogens is 287 g/mol. The highest BCUT2D eigenvalue weighted by Crippen LogP contribution is 2.11. The number of benzene rings is 1. The molecule has 0 aliphatic carbocycles. The molecule has 2 rings (SSSR count). The van der Waals surface area contributed by atoms with Crippen LogP contribution in [0.5, 0.6) is 5.75 Å². The van der Waals surface area contributed by atoms with Crippen LogP contribution in [-0.2, 0) is 16.0 Å². The lowest BCUT2D eigenvalue weighted by molar-refractivity contribution is -0.105. The second-order valence-electron chi connectivity index (χ2n) is 4.17. The fourth-order valence-electron chi connectivity index (χ4n) is 1.55. The van der Waals surface area contributed by atoms with Crippen LogP contribution in [0.1, 0.15) is 5.69 Å². The smallest absolute Gasteiger partial charge is 0.211 e. The molecule has 5 nitrogen and oxygen atoms in total. The van der Waals surface area contributed by atoms with Gasteiger partial charge in [-0.15, -0.1) is 0 Å². The zero-order valence-electron chi connectivity index (χ0n) is 12.6. The molecule has 0 aliphatic heterocycles. The molecule has 0 fully saturated rings. The summed E-state index contributed by atoms with van der Waals surface area (Å²) in [5.41, 5.74) is 0.682. The van der Waals surface area contributed by atoms with E-state index in [9.17, 15) is 9.18 Å². The summed E-state index contributed by atoms with van der Waals surface area (Å²) in [6.07, 6.45) is 2.30. The summed E-state index contributed by atoms with van der Waals surface area (Å²) in [7, 11) is 3.20. The van der Waals surface area contributed by atoms with Crippen molar-refractivity contribution in [1.29, 1.82) is 0 Å². The number of hydrogen-bond acceptors (Lipinski definition) is 4. The number of nitrogens with zero attached hydrogens (tertiary/aromatic N) is 1. The minimum atomic E-state index is -0.436. The van der Waals surface area contributed by atoms with E-state index in [1.165, 1.54) is 12.3 Å². The Bertz CT molecular complexity index is 565. The third kappa shape index (κ3) is 6.32. The first-order valence-corrected chi connectivity index (χ1v) is 6.63. The summed E-state index contributed by atoms with van der Waals surface area (Å²) < 4.78 is 22.9. The molecule has 1 heterocycles. The maximum absolute atomic E-state index is 13.2. The average Bonchev–Trinajstić information content (AvgIpc) is 2.56. The van der Waals surface area contributed by atoms with Gasteiger partial charge >= 0.3 is 0 Å². The molecule has 6 heteroatoms. The Kier molecular flexibility index (Phi) is 8.22. The first kappa shape index (κ1) is 17.6. The van der Waals surface area contributed by atoms with E-state index in [1.807, 2.05) is 30.3 Å². The summed E-state index contributed by atoms with van der Waals surface area (Å²) in [5, 5.41) is 2.32. The Balaban J connectivity index is 0.000000255. The zero-order valence-corrected chi connectivity index (χ0v) is 12.6. The van der Waals surface area contributed by atoms with Gasteiger partial charge in [0, 0.05) is 19.6 Å². The van der Waals surface area contributed by atoms with Crippen LogP contribution in [0, 0.1) is 5.82 Å². The summed E-state index contributed by atoms with van der Waals surface area (Å²) in [6.45, 7) is 0.421. The number of amides is 1. The molecule has 1 N–H and O–H groups in total. The highest BCUT2D eigenvalue weighted by atomic mass is 19.1. The molecular formula is C16H19FN2O3. The van der Waals surface area contributed by atoms with Crippen LogP contribution in [0.25, 0.3) is 0 Å². The van der Waals surface area contributed by atoms with E-state index < -0.39 is 5.82 Å².